The van der Waals surface area contributed by atoms with Crippen molar-refractivity contribution in [2.24, 2.45) is 7.05 Å². The number of thiazole rings is 1. The SMILES string of the molecule is Cn1cncc1-c1nc(C2CC2)sc1N. The third kappa shape index (κ3) is 1.43. The van der Waals surface area contributed by atoms with Crippen molar-refractivity contribution in [2.75, 3.05) is 5.73 Å². The van der Waals surface area contributed by atoms with Gasteiger partial charge >= 0.3 is 0 Å². The number of nitrogens with zero attached hydrogens (tertiary/aromatic N) is 3. The van der Waals surface area contributed by atoms with Gasteiger partial charge in [-0.2, -0.15) is 0 Å². The number of hydrogen-bond donors (Lipinski definition) is 1. The van der Waals surface area contributed by atoms with Gasteiger partial charge in [-0.15, -0.1) is 11.3 Å². The van der Waals surface area contributed by atoms with Crippen molar-refractivity contribution in [2.45, 2.75) is 18.8 Å². The summed E-state index contributed by atoms with van der Waals surface area (Å²) in [6, 6.07) is 0. The van der Waals surface area contributed by atoms with E-state index in [1.54, 1.807) is 17.7 Å². The number of hydrogen-bond acceptors (Lipinski definition) is 4. The molecule has 1 fully saturated rings. The number of aromatic nitrogens is 3. The zero-order valence-corrected chi connectivity index (χ0v) is 9.29. The molecule has 5 heteroatoms. The minimum absolute atomic E-state index is 0.666. The van der Waals surface area contributed by atoms with Gasteiger partial charge in [-0.1, -0.05) is 0 Å². The Morgan fingerprint density at radius 3 is 2.93 bits per heavy atom. The highest BCUT2D eigenvalue weighted by Crippen LogP contribution is 2.44. The molecule has 15 heavy (non-hydrogen) atoms. The Bertz CT molecular complexity index is 495. The molecule has 2 N–H and O–H groups in total. The molecule has 0 radical (unpaired) electrons. The van der Waals surface area contributed by atoms with Gasteiger partial charge in [0.1, 0.15) is 10.7 Å². The van der Waals surface area contributed by atoms with Gasteiger partial charge in [0.15, 0.2) is 0 Å². The molecule has 0 bridgehead atoms. The number of rotatable bonds is 2. The fourth-order valence-electron chi connectivity index (χ4n) is 1.62. The zero-order valence-electron chi connectivity index (χ0n) is 8.47. The summed E-state index contributed by atoms with van der Waals surface area (Å²) < 4.78 is 1.95. The van der Waals surface area contributed by atoms with E-state index in [0.717, 1.165) is 16.4 Å². The second-order valence-electron chi connectivity index (χ2n) is 3.93. The van der Waals surface area contributed by atoms with Crippen LogP contribution in [0.4, 0.5) is 5.00 Å². The average Bonchev–Trinajstić information content (AvgIpc) is 2.87. The van der Waals surface area contributed by atoms with E-state index in [1.165, 1.54) is 17.8 Å². The molecule has 2 heterocycles. The topological polar surface area (TPSA) is 56.7 Å². The maximum absolute atomic E-state index is 5.98. The number of nitrogen functional groups attached to an aromatic ring is 1. The predicted molar refractivity (Wildman–Crippen MR) is 60.7 cm³/mol. The lowest BCUT2D eigenvalue weighted by molar-refractivity contribution is 0.916. The monoisotopic (exact) mass is 220 g/mol. The standard InChI is InChI=1S/C10H12N4S/c1-14-5-12-4-7(14)8-9(11)15-10(13-8)6-2-3-6/h4-6H,2-3,11H2,1H3. The Morgan fingerprint density at radius 2 is 2.33 bits per heavy atom. The Morgan fingerprint density at radius 1 is 1.53 bits per heavy atom. The first-order valence-corrected chi connectivity index (χ1v) is 5.80. The molecule has 2 aromatic heterocycles. The van der Waals surface area contributed by atoms with Crippen LogP contribution in [0.2, 0.25) is 0 Å². The largest absolute Gasteiger partial charge is 0.389 e. The molecule has 0 aromatic carbocycles. The lowest BCUT2D eigenvalue weighted by Crippen LogP contribution is -1.92. The number of nitrogens with two attached hydrogens (primary N) is 1. The van der Waals surface area contributed by atoms with Crippen LogP contribution in [-0.4, -0.2) is 14.5 Å². The molecule has 0 aliphatic heterocycles. The van der Waals surface area contributed by atoms with Crippen LogP contribution in [0.25, 0.3) is 11.4 Å². The van der Waals surface area contributed by atoms with E-state index in [0.29, 0.717) is 5.92 Å². The van der Waals surface area contributed by atoms with Gasteiger partial charge in [-0.25, -0.2) is 9.97 Å². The summed E-state index contributed by atoms with van der Waals surface area (Å²) in [4.78, 5) is 8.69. The van der Waals surface area contributed by atoms with Crippen LogP contribution in [0.1, 0.15) is 23.8 Å². The normalized spacial score (nSPS) is 15.8. The fourth-order valence-corrected chi connectivity index (χ4v) is 2.63. The minimum atomic E-state index is 0.666. The van der Waals surface area contributed by atoms with Crippen LogP contribution in [0, 0.1) is 0 Å². The van der Waals surface area contributed by atoms with E-state index in [1.807, 2.05) is 17.8 Å². The van der Waals surface area contributed by atoms with Gasteiger partial charge in [-0.3, -0.25) is 0 Å². The molecule has 4 nitrogen and oxygen atoms in total. The summed E-state index contributed by atoms with van der Waals surface area (Å²) in [5.74, 6) is 0.666. The van der Waals surface area contributed by atoms with Crippen LogP contribution in [-0.2, 0) is 7.05 Å². The molecule has 0 spiro atoms. The zero-order chi connectivity index (χ0) is 10.4. The second-order valence-corrected chi connectivity index (χ2v) is 4.99. The average molecular weight is 220 g/mol. The van der Waals surface area contributed by atoms with Crippen molar-refractivity contribution in [1.82, 2.24) is 14.5 Å². The summed E-state index contributed by atoms with van der Waals surface area (Å²) in [6.45, 7) is 0. The highest BCUT2D eigenvalue weighted by molar-refractivity contribution is 7.16. The van der Waals surface area contributed by atoms with Gasteiger partial charge < -0.3 is 10.3 Å². The molecule has 2 aromatic rings. The van der Waals surface area contributed by atoms with Crippen molar-refractivity contribution < 1.29 is 0 Å². The van der Waals surface area contributed by atoms with Gasteiger partial charge in [0.25, 0.3) is 0 Å². The lowest BCUT2D eigenvalue weighted by atomic mass is 10.3. The molecule has 3 rings (SSSR count). The van der Waals surface area contributed by atoms with Crippen molar-refractivity contribution in [1.29, 1.82) is 0 Å². The summed E-state index contributed by atoms with van der Waals surface area (Å²) in [5, 5.41) is 1.99. The number of imidazole rings is 1. The number of anilines is 1. The summed E-state index contributed by atoms with van der Waals surface area (Å²) in [5.41, 5.74) is 7.87. The van der Waals surface area contributed by atoms with Crippen molar-refractivity contribution >= 4 is 16.3 Å². The van der Waals surface area contributed by atoms with E-state index >= 15 is 0 Å². The maximum Gasteiger partial charge on any atom is 0.123 e. The van der Waals surface area contributed by atoms with Crippen molar-refractivity contribution in [3.63, 3.8) is 0 Å². The summed E-state index contributed by atoms with van der Waals surface area (Å²) in [6.07, 6.45) is 6.10. The first-order chi connectivity index (χ1) is 7.25. The van der Waals surface area contributed by atoms with E-state index in [-0.39, 0.29) is 0 Å². The second kappa shape index (κ2) is 3.06. The molecule has 1 saturated carbocycles. The Balaban J connectivity index is 2.07. The molecule has 0 amide bonds. The van der Waals surface area contributed by atoms with Gasteiger partial charge in [0, 0.05) is 13.0 Å². The molecule has 1 aliphatic rings. The smallest absolute Gasteiger partial charge is 0.123 e. The van der Waals surface area contributed by atoms with E-state index < -0.39 is 0 Å². The van der Waals surface area contributed by atoms with Crippen LogP contribution in [0.5, 0.6) is 0 Å². The van der Waals surface area contributed by atoms with E-state index in [9.17, 15) is 0 Å². The third-order valence-electron chi connectivity index (χ3n) is 2.66. The maximum atomic E-state index is 5.98. The summed E-state index contributed by atoms with van der Waals surface area (Å²) >= 11 is 1.62. The Kier molecular flexibility index (Phi) is 1.82. The third-order valence-corrected chi connectivity index (χ3v) is 3.70. The van der Waals surface area contributed by atoms with E-state index in [4.69, 9.17) is 5.73 Å². The fraction of sp³-hybridized carbons (Fsp3) is 0.400. The Hall–Kier alpha value is -1.36. The number of aryl methyl sites for hydroxylation is 1. The predicted octanol–water partition coefficient (Wildman–Crippen LogP) is 2.00. The molecule has 78 valence electrons. The molecule has 0 saturated heterocycles. The molecular weight excluding hydrogens is 208 g/mol. The van der Waals surface area contributed by atoms with Gasteiger partial charge in [0.05, 0.1) is 23.2 Å². The minimum Gasteiger partial charge on any atom is -0.389 e. The Labute approximate surface area is 91.8 Å². The summed E-state index contributed by atoms with van der Waals surface area (Å²) in [7, 11) is 1.96. The van der Waals surface area contributed by atoms with Crippen LogP contribution in [0.15, 0.2) is 12.5 Å². The first-order valence-electron chi connectivity index (χ1n) is 4.98. The van der Waals surface area contributed by atoms with E-state index in [2.05, 4.69) is 9.97 Å². The highest BCUT2D eigenvalue weighted by Gasteiger charge is 2.28. The quantitative estimate of drug-likeness (QED) is 0.842. The molecule has 0 atom stereocenters. The van der Waals surface area contributed by atoms with Crippen LogP contribution < -0.4 is 5.73 Å². The van der Waals surface area contributed by atoms with Gasteiger partial charge in [-0.05, 0) is 12.8 Å². The molecule has 1 aliphatic carbocycles. The molecular formula is C10H12N4S. The molecule has 0 unspecified atom stereocenters. The lowest BCUT2D eigenvalue weighted by Gasteiger charge is -1.98. The van der Waals surface area contributed by atoms with Gasteiger partial charge in [0.2, 0.25) is 0 Å². The first kappa shape index (κ1) is 8.91. The van der Waals surface area contributed by atoms with Crippen molar-refractivity contribution in [3.05, 3.63) is 17.5 Å². The van der Waals surface area contributed by atoms with Crippen LogP contribution in [0.3, 0.4) is 0 Å². The highest BCUT2D eigenvalue weighted by atomic mass is 32.1. The van der Waals surface area contributed by atoms with Crippen LogP contribution >= 0.6 is 11.3 Å². The van der Waals surface area contributed by atoms with Crippen molar-refractivity contribution in [3.8, 4) is 11.4 Å².